The number of carboxylic acids is 1. The minimum absolute atomic E-state index is 0.0573. The first-order valence-electron chi connectivity index (χ1n) is 10.3. The molecule has 1 rings (SSSR count). The number of esters is 1. The summed E-state index contributed by atoms with van der Waals surface area (Å²) in [5.74, 6) is -2.44. The van der Waals surface area contributed by atoms with Crippen molar-refractivity contribution >= 4 is 23.9 Å². The molecule has 0 bridgehead atoms. The van der Waals surface area contributed by atoms with E-state index in [2.05, 4.69) is 10.6 Å². The van der Waals surface area contributed by atoms with E-state index in [-0.39, 0.29) is 13.0 Å². The van der Waals surface area contributed by atoms with E-state index in [1.54, 1.807) is 20.8 Å². The van der Waals surface area contributed by atoms with Gasteiger partial charge in [0.1, 0.15) is 31.5 Å². The van der Waals surface area contributed by atoms with Crippen LogP contribution in [0.3, 0.4) is 0 Å². The topological polar surface area (TPSA) is 140 Å². The Balaban J connectivity index is 2.51. The van der Waals surface area contributed by atoms with Gasteiger partial charge in [-0.05, 0) is 45.6 Å². The van der Waals surface area contributed by atoms with Crippen molar-refractivity contribution in [1.82, 2.24) is 10.6 Å². The number of benzene rings is 1. The zero-order valence-electron chi connectivity index (χ0n) is 18.7. The number of unbranched alkanes of at least 4 members (excludes halogenated alkanes) is 1. The Bertz CT molecular complexity index is 746. The monoisotopic (exact) mass is 452 g/mol. The molecule has 1 aromatic carbocycles. The van der Waals surface area contributed by atoms with Gasteiger partial charge >= 0.3 is 18.0 Å². The zero-order valence-corrected chi connectivity index (χ0v) is 18.7. The van der Waals surface area contributed by atoms with Crippen molar-refractivity contribution in [3.05, 3.63) is 35.9 Å². The zero-order chi connectivity index (χ0) is 24.0. The molecule has 0 saturated carbocycles. The van der Waals surface area contributed by atoms with Crippen LogP contribution in [0, 0.1) is 0 Å². The van der Waals surface area contributed by atoms with Gasteiger partial charge in [-0.2, -0.15) is 0 Å². The van der Waals surface area contributed by atoms with Gasteiger partial charge in [0.15, 0.2) is 0 Å². The second kappa shape index (κ2) is 14.0. The molecule has 0 saturated heterocycles. The highest BCUT2D eigenvalue weighted by Gasteiger charge is 2.22. The lowest BCUT2D eigenvalue weighted by Crippen LogP contribution is -2.43. The number of amides is 2. The van der Waals surface area contributed by atoms with Crippen LogP contribution in [-0.4, -0.2) is 60.4 Å². The van der Waals surface area contributed by atoms with E-state index in [4.69, 9.17) is 19.3 Å². The van der Waals surface area contributed by atoms with Gasteiger partial charge in [0, 0.05) is 6.54 Å². The number of carbonyl (C=O) groups excluding carboxylic acids is 3. The van der Waals surface area contributed by atoms with Crippen LogP contribution >= 0.6 is 0 Å². The molecule has 32 heavy (non-hydrogen) atoms. The highest BCUT2D eigenvalue weighted by molar-refractivity contribution is 5.85. The second-order valence-corrected chi connectivity index (χ2v) is 8.02. The van der Waals surface area contributed by atoms with Gasteiger partial charge < -0.3 is 30.0 Å². The fraction of sp³-hybridized carbons (Fsp3) is 0.545. The molecule has 10 nitrogen and oxygen atoms in total. The molecule has 0 fully saturated rings. The lowest BCUT2D eigenvalue weighted by Gasteiger charge is -2.20. The molecule has 10 heteroatoms. The number of carboxylic acid groups (broad SMARTS) is 1. The highest BCUT2D eigenvalue weighted by Crippen LogP contribution is 2.08. The van der Waals surface area contributed by atoms with Crippen LogP contribution in [0.5, 0.6) is 0 Å². The van der Waals surface area contributed by atoms with E-state index in [0.29, 0.717) is 19.4 Å². The fourth-order valence-electron chi connectivity index (χ4n) is 2.52. The summed E-state index contributed by atoms with van der Waals surface area (Å²) < 4.78 is 15.2. The van der Waals surface area contributed by atoms with E-state index in [9.17, 15) is 19.2 Å². The smallest absolute Gasteiger partial charge is 0.407 e. The molecule has 1 aromatic rings. The number of carbonyl (C=O) groups is 4. The summed E-state index contributed by atoms with van der Waals surface area (Å²) in [7, 11) is 0. The number of aliphatic carboxylic acids is 1. The average molecular weight is 453 g/mol. The summed E-state index contributed by atoms with van der Waals surface area (Å²) in [6.07, 6.45) is 0.804. The molecule has 0 spiro atoms. The summed E-state index contributed by atoms with van der Waals surface area (Å²) >= 11 is 0. The largest absolute Gasteiger partial charge is 0.480 e. The van der Waals surface area contributed by atoms with E-state index < -0.39 is 48.8 Å². The average Bonchev–Trinajstić information content (AvgIpc) is 2.70. The Morgan fingerprint density at radius 3 is 2.34 bits per heavy atom. The quantitative estimate of drug-likeness (QED) is 0.305. The van der Waals surface area contributed by atoms with Crippen LogP contribution in [-0.2, 0) is 35.2 Å². The van der Waals surface area contributed by atoms with Crippen molar-refractivity contribution in [3.8, 4) is 0 Å². The fourth-order valence-corrected chi connectivity index (χ4v) is 2.52. The molecule has 178 valence electrons. The maximum absolute atomic E-state index is 12.5. The molecule has 0 unspecified atom stereocenters. The minimum Gasteiger partial charge on any atom is -0.480 e. The Labute approximate surface area is 187 Å². The lowest BCUT2D eigenvalue weighted by atomic mass is 10.1. The second-order valence-electron chi connectivity index (χ2n) is 8.02. The van der Waals surface area contributed by atoms with Crippen molar-refractivity contribution in [1.29, 1.82) is 0 Å². The molecule has 3 N–H and O–H groups in total. The standard InChI is InChI=1S/C22H32N2O8/c1-22(2,3)32-21(29)23-12-8-7-11-17(24-18(25)14-30-15-19(26)27)20(28)31-13-16-9-5-4-6-10-16/h4-6,9-10,17H,7-8,11-15H2,1-3H3,(H,23,29)(H,24,25)(H,26,27)/t17-/m0/s1. The van der Waals surface area contributed by atoms with Gasteiger partial charge in [-0.1, -0.05) is 30.3 Å². The number of hydrogen-bond acceptors (Lipinski definition) is 7. The number of nitrogens with one attached hydrogen (secondary N) is 2. The van der Waals surface area contributed by atoms with Crippen LogP contribution in [0.25, 0.3) is 0 Å². The summed E-state index contributed by atoms with van der Waals surface area (Å²) in [5, 5.41) is 13.7. The predicted molar refractivity (Wildman–Crippen MR) is 115 cm³/mol. The first-order valence-corrected chi connectivity index (χ1v) is 10.3. The van der Waals surface area contributed by atoms with Gasteiger partial charge in [0.05, 0.1) is 0 Å². The van der Waals surface area contributed by atoms with Gasteiger partial charge in [-0.25, -0.2) is 14.4 Å². The normalized spacial score (nSPS) is 11.8. The number of rotatable bonds is 13. The Morgan fingerprint density at radius 1 is 1.03 bits per heavy atom. The van der Waals surface area contributed by atoms with Crippen molar-refractivity contribution in [2.75, 3.05) is 19.8 Å². The number of ether oxygens (including phenoxy) is 3. The van der Waals surface area contributed by atoms with Gasteiger partial charge in [0.25, 0.3) is 0 Å². The first-order chi connectivity index (χ1) is 15.1. The van der Waals surface area contributed by atoms with Crippen LogP contribution in [0.4, 0.5) is 4.79 Å². The molecule has 0 aliphatic rings. The molecule has 0 aliphatic heterocycles. The van der Waals surface area contributed by atoms with E-state index in [0.717, 1.165) is 5.56 Å². The maximum Gasteiger partial charge on any atom is 0.407 e. The van der Waals surface area contributed by atoms with Crippen molar-refractivity contribution in [2.24, 2.45) is 0 Å². The van der Waals surface area contributed by atoms with Crippen molar-refractivity contribution in [3.63, 3.8) is 0 Å². The van der Waals surface area contributed by atoms with Crippen LogP contribution in [0.2, 0.25) is 0 Å². The Hall–Kier alpha value is -3.14. The third-order valence-electron chi connectivity index (χ3n) is 3.89. The summed E-state index contributed by atoms with van der Waals surface area (Å²) in [4.78, 5) is 46.7. The van der Waals surface area contributed by atoms with Gasteiger partial charge in [-0.15, -0.1) is 0 Å². The third-order valence-corrected chi connectivity index (χ3v) is 3.89. The van der Waals surface area contributed by atoms with Gasteiger partial charge in [-0.3, -0.25) is 4.79 Å². The lowest BCUT2D eigenvalue weighted by molar-refractivity contribution is -0.151. The molecule has 1 atom stereocenters. The van der Waals surface area contributed by atoms with Crippen molar-refractivity contribution < 1.29 is 38.5 Å². The number of alkyl carbamates (subject to hydrolysis) is 1. The van der Waals surface area contributed by atoms with Crippen molar-refractivity contribution in [2.45, 2.75) is 58.3 Å². The summed E-state index contributed by atoms with van der Waals surface area (Å²) in [6.45, 7) is 4.59. The molecule has 0 heterocycles. The molecule has 0 aliphatic carbocycles. The summed E-state index contributed by atoms with van der Waals surface area (Å²) in [6, 6.07) is 8.17. The van der Waals surface area contributed by atoms with E-state index in [1.807, 2.05) is 30.3 Å². The highest BCUT2D eigenvalue weighted by atomic mass is 16.6. The molecular formula is C22H32N2O8. The SMILES string of the molecule is CC(C)(C)OC(=O)NCCCC[C@H](NC(=O)COCC(=O)O)C(=O)OCc1ccccc1. The maximum atomic E-state index is 12.5. The third kappa shape index (κ3) is 13.2. The molecular weight excluding hydrogens is 420 g/mol. The summed E-state index contributed by atoms with van der Waals surface area (Å²) in [5.41, 5.74) is 0.210. The number of hydrogen-bond donors (Lipinski definition) is 3. The first kappa shape index (κ1) is 26.9. The van der Waals surface area contributed by atoms with E-state index >= 15 is 0 Å². The van der Waals surface area contributed by atoms with E-state index in [1.165, 1.54) is 0 Å². The minimum atomic E-state index is -1.20. The van der Waals surface area contributed by atoms with Crippen LogP contribution in [0.1, 0.15) is 45.6 Å². The molecule has 0 radical (unpaired) electrons. The van der Waals surface area contributed by atoms with Crippen LogP contribution in [0.15, 0.2) is 30.3 Å². The molecule has 0 aromatic heterocycles. The predicted octanol–water partition coefficient (Wildman–Crippen LogP) is 2.01. The Kier molecular flexibility index (Phi) is 11.8. The van der Waals surface area contributed by atoms with Gasteiger partial charge in [0.2, 0.25) is 5.91 Å². The molecule has 2 amide bonds. The Morgan fingerprint density at radius 2 is 1.72 bits per heavy atom. The van der Waals surface area contributed by atoms with Crippen LogP contribution < -0.4 is 10.6 Å².